The van der Waals surface area contributed by atoms with Crippen LogP contribution in [0.1, 0.15) is 11.1 Å². The van der Waals surface area contributed by atoms with Gasteiger partial charge in [0, 0.05) is 0 Å². The van der Waals surface area contributed by atoms with E-state index in [9.17, 15) is 4.89 Å². The first-order chi connectivity index (χ1) is 14.1. The highest BCUT2D eigenvalue weighted by Gasteiger charge is 2.46. The first kappa shape index (κ1) is 19.0. The number of fused-ring (bicyclic) bond motifs is 2. The van der Waals surface area contributed by atoms with Gasteiger partial charge in [-0.2, -0.15) is 0 Å². The highest BCUT2D eigenvalue weighted by atomic mass is 35.7. The van der Waals surface area contributed by atoms with Gasteiger partial charge in [0.25, 0.3) is 0 Å². The lowest BCUT2D eigenvalue weighted by Gasteiger charge is -2.32. The van der Waals surface area contributed by atoms with Gasteiger partial charge in [0.15, 0.2) is 0 Å². The van der Waals surface area contributed by atoms with Gasteiger partial charge in [0.05, 0.1) is 26.2 Å². The molecule has 0 bridgehead atoms. The van der Waals surface area contributed by atoms with Gasteiger partial charge in [-0.25, -0.2) is 0 Å². The smallest absolute Gasteiger partial charge is 0.214 e. The second-order valence-corrected chi connectivity index (χ2v) is 10.9. The third-order valence-electron chi connectivity index (χ3n) is 5.78. The van der Waals surface area contributed by atoms with Crippen LogP contribution in [0.4, 0.5) is 0 Å². The topological polar surface area (TPSA) is 29.5 Å². The summed E-state index contributed by atoms with van der Waals surface area (Å²) < 4.78 is 3.89. The van der Waals surface area contributed by atoms with Gasteiger partial charge in [-0.1, -0.05) is 84.9 Å². The summed E-state index contributed by atoms with van der Waals surface area (Å²) in [6.45, 7) is 2.59. The molecule has 3 nitrogen and oxygen atoms in total. The third kappa shape index (κ3) is 3.54. The second-order valence-electron chi connectivity index (χ2n) is 7.53. The van der Waals surface area contributed by atoms with Crippen LogP contribution in [0.15, 0.2) is 84.9 Å². The zero-order valence-corrected chi connectivity index (χ0v) is 17.7. The molecule has 0 amide bonds. The molecule has 1 aliphatic heterocycles. The van der Waals surface area contributed by atoms with Crippen LogP contribution in [0.25, 0.3) is 21.5 Å². The molecule has 0 saturated carbocycles. The zero-order chi connectivity index (χ0) is 19.8. The molecular formula is C24H22ClN2OP. The highest BCUT2D eigenvalue weighted by Crippen LogP contribution is 2.66. The quantitative estimate of drug-likeness (QED) is 0.403. The van der Waals surface area contributed by atoms with E-state index in [0.717, 1.165) is 11.1 Å². The Labute approximate surface area is 176 Å². The molecule has 1 heterocycles. The molecule has 1 saturated heterocycles. The van der Waals surface area contributed by atoms with Crippen molar-refractivity contribution in [2.75, 3.05) is 13.1 Å². The van der Waals surface area contributed by atoms with Gasteiger partial charge in [0.2, 0.25) is 7.14 Å². The van der Waals surface area contributed by atoms with Crippen LogP contribution < -0.4 is 4.89 Å². The van der Waals surface area contributed by atoms with Crippen molar-refractivity contribution in [2.24, 2.45) is 0 Å². The Bertz CT molecular complexity index is 1080. The Morgan fingerprint density at radius 1 is 0.655 bits per heavy atom. The fraction of sp³-hybridized carbons (Fsp3) is 0.167. The maximum Gasteiger partial charge on any atom is 0.214 e. The van der Waals surface area contributed by atoms with Crippen LogP contribution in [0.5, 0.6) is 0 Å². The molecule has 4 aromatic rings. The van der Waals surface area contributed by atoms with Crippen LogP contribution in [0.3, 0.4) is 0 Å². The van der Waals surface area contributed by atoms with Crippen molar-refractivity contribution in [3.8, 4) is 0 Å². The molecule has 0 aliphatic carbocycles. The predicted molar refractivity (Wildman–Crippen MR) is 121 cm³/mol. The SMILES string of the molecule is [O-][P+]1(Cl)N(Cc2cccc3ccccc23)CCN1Cc1cccc2ccccc12. The Morgan fingerprint density at radius 2 is 1.07 bits per heavy atom. The summed E-state index contributed by atoms with van der Waals surface area (Å²) in [5, 5.41) is 4.78. The monoisotopic (exact) mass is 420 g/mol. The summed E-state index contributed by atoms with van der Waals surface area (Å²) in [4.78, 5) is 13.6. The summed E-state index contributed by atoms with van der Waals surface area (Å²) in [7, 11) is -3.11. The maximum absolute atomic E-state index is 13.6. The molecule has 5 rings (SSSR count). The van der Waals surface area contributed by atoms with Crippen molar-refractivity contribution in [1.82, 2.24) is 9.34 Å². The summed E-state index contributed by atoms with van der Waals surface area (Å²) in [6, 6.07) is 29.2. The molecular weight excluding hydrogens is 399 g/mol. The molecule has 1 aliphatic rings. The minimum absolute atomic E-state index is 0.591. The van der Waals surface area contributed by atoms with E-state index in [1.165, 1.54) is 21.5 Å². The Hall–Kier alpha value is -2.00. The van der Waals surface area contributed by atoms with E-state index in [-0.39, 0.29) is 0 Å². The largest absolute Gasteiger partial charge is 0.636 e. The highest BCUT2D eigenvalue weighted by molar-refractivity contribution is 7.89. The molecule has 5 heteroatoms. The lowest BCUT2D eigenvalue weighted by atomic mass is 10.0. The molecule has 0 atom stereocenters. The number of hydrogen-bond donors (Lipinski definition) is 0. The lowest BCUT2D eigenvalue weighted by molar-refractivity contribution is -0.183. The van der Waals surface area contributed by atoms with E-state index in [1.807, 2.05) is 33.6 Å². The molecule has 4 aromatic carbocycles. The summed E-state index contributed by atoms with van der Waals surface area (Å²) >= 11 is 6.71. The molecule has 0 radical (unpaired) electrons. The van der Waals surface area contributed by atoms with Crippen molar-refractivity contribution in [2.45, 2.75) is 13.1 Å². The van der Waals surface area contributed by atoms with E-state index in [0.29, 0.717) is 26.2 Å². The average Bonchev–Trinajstić information content (AvgIpc) is 3.02. The number of rotatable bonds is 4. The van der Waals surface area contributed by atoms with Gasteiger partial charge in [-0.15, -0.1) is 9.34 Å². The van der Waals surface area contributed by atoms with Crippen molar-refractivity contribution >= 4 is 39.9 Å². The average molecular weight is 421 g/mol. The second kappa shape index (κ2) is 7.68. The number of hydrogen-bond acceptors (Lipinski definition) is 3. The Balaban J connectivity index is 1.40. The summed E-state index contributed by atoms with van der Waals surface area (Å²) in [5.74, 6) is 0. The number of nitrogens with zero attached hydrogens (tertiary/aromatic N) is 2. The van der Waals surface area contributed by atoms with E-state index in [4.69, 9.17) is 11.2 Å². The van der Waals surface area contributed by atoms with Gasteiger partial charge in [-0.3, -0.25) is 0 Å². The summed E-state index contributed by atoms with van der Waals surface area (Å²) in [5.41, 5.74) is 2.33. The maximum atomic E-state index is 13.6. The minimum Gasteiger partial charge on any atom is -0.636 e. The van der Waals surface area contributed by atoms with Crippen LogP contribution in [0, 0.1) is 0 Å². The van der Waals surface area contributed by atoms with Gasteiger partial charge >= 0.3 is 0 Å². The Morgan fingerprint density at radius 3 is 1.55 bits per heavy atom. The number of benzene rings is 4. The molecule has 29 heavy (non-hydrogen) atoms. The fourth-order valence-electron chi connectivity index (χ4n) is 4.24. The normalized spacial score (nSPS) is 17.3. The van der Waals surface area contributed by atoms with E-state index in [1.54, 1.807) is 0 Å². The number of halogens is 1. The third-order valence-corrected chi connectivity index (χ3v) is 9.14. The van der Waals surface area contributed by atoms with Crippen LogP contribution in [-0.4, -0.2) is 22.4 Å². The van der Waals surface area contributed by atoms with E-state index >= 15 is 0 Å². The first-order valence-corrected chi connectivity index (χ1v) is 12.4. The van der Waals surface area contributed by atoms with Crippen LogP contribution in [-0.2, 0) is 13.1 Å². The standard InChI is InChI=1S/C24H22ClN2OP/c25-29(28)26(17-21-11-5-9-19-7-1-3-13-23(19)21)15-16-27(29)18-22-12-6-10-20-8-2-4-14-24(20)22/h1-14H,15-18H2. The molecule has 0 aromatic heterocycles. The van der Waals surface area contributed by atoms with Crippen molar-refractivity contribution < 1.29 is 4.89 Å². The molecule has 1 fully saturated rings. The molecule has 0 unspecified atom stereocenters. The van der Waals surface area contributed by atoms with Crippen LogP contribution >= 0.6 is 18.4 Å². The predicted octanol–water partition coefficient (Wildman–Crippen LogP) is 5.59. The summed E-state index contributed by atoms with van der Waals surface area (Å²) in [6.07, 6.45) is 0. The first-order valence-electron chi connectivity index (χ1n) is 9.87. The van der Waals surface area contributed by atoms with Gasteiger partial charge in [-0.05, 0) is 32.7 Å². The van der Waals surface area contributed by atoms with E-state index < -0.39 is 7.14 Å². The zero-order valence-electron chi connectivity index (χ0n) is 16.0. The minimum atomic E-state index is -3.11. The van der Waals surface area contributed by atoms with Crippen LogP contribution in [0.2, 0.25) is 0 Å². The molecule has 146 valence electrons. The van der Waals surface area contributed by atoms with Crippen molar-refractivity contribution in [3.05, 3.63) is 96.1 Å². The van der Waals surface area contributed by atoms with Gasteiger partial charge < -0.3 is 4.89 Å². The fourth-order valence-corrected chi connectivity index (χ4v) is 6.70. The van der Waals surface area contributed by atoms with Crippen molar-refractivity contribution in [1.29, 1.82) is 0 Å². The van der Waals surface area contributed by atoms with E-state index in [2.05, 4.69) is 60.7 Å². The van der Waals surface area contributed by atoms with Crippen molar-refractivity contribution in [3.63, 3.8) is 0 Å². The van der Waals surface area contributed by atoms with Gasteiger partial charge in [0.1, 0.15) is 11.2 Å². The Kier molecular flexibility index (Phi) is 5.03. The molecule has 0 spiro atoms. The molecule has 0 N–H and O–H groups in total. The lowest BCUT2D eigenvalue weighted by Crippen LogP contribution is -2.29.